The molecule has 0 bridgehead atoms. The SMILES string of the molecule is CCNC(CS(=O)CCCOC)c1ccccc1C. The molecule has 2 unspecified atom stereocenters. The van der Waals surface area contributed by atoms with Gasteiger partial charge in [0.05, 0.1) is 0 Å². The predicted molar refractivity (Wildman–Crippen MR) is 82.0 cm³/mol. The molecule has 0 amide bonds. The molecule has 0 aliphatic heterocycles. The Bertz CT molecular complexity index is 395. The van der Waals surface area contributed by atoms with Crippen molar-refractivity contribution in [3.63, 3.8) is 0 Å². The van der Waals surface area contributed by atoms with E-state index in [9.17, 15) is 4.21 Å². The van der Waals surface area contributed by atoms with E-state index in [2.05, 4.69) is 31.3 Å². The van der Waals surface area contributed by atoms with Crippen LogP contribution in [0.4, 0.5) is 0 Å². The van der Waals surface area contributed by atoms with Crippen LogP contribution >= 0.6 is 0 Å². The zero-order valence-corrected chi connectivity index (χ0v) is 13.0. The van der Waals surface area contributed by atoms with Crippen LogP contribution in [0.3, 0.4) is 0 Å². The highest BCUT2D eigenvalue weighted by atomic mass is 32.2. The lowest BCUT2D eigenvalue weighted by atomic mass is 10.0. The molecule has 0 saturated heterocycles. The maximum Gasteiger partial charge on any atom is 0.0471 e. The van der Waals surface area contributed by atoms with Crippen LogP contribution < -0.4 is 5.32 Å². The zero-order valence-electron chi connectivity index (χ0n) is 12.1. The number of ether oxygens (including phenoxy) is 1. The summed E-state index contributed by atoms with van der Waals surface area (Å²) in [5.41, 5.74) is 2.51. The van der Waals surface area contributed by atoms with E-state index >= 15 is 0 Å². The quantitative estimate of drug-likeness (QED) is 0.707. The third-order valence-corrected chi connectivity index (χ3v) is 4.54. The van der Waals surface area contributed by atoms with Gasteiger partial charge < -0.3 is 10.1 Å². The molecular weight excluding hydrogens is 258 g/mol. The average molecular weight is 283 g/mol. The first-order valence-electron chi connectivity index (χ1n) is 6.81. The molecule has 1 rings (SSSR count). The molecule has 0 saturated carbocycles. The van der Waals surface area contributed by atoms with E-state index in [1.807, 2.05) is 12.1 Å². The van der Waals surface area contributed by atoms with Gasteiger partial charge >= 0.3 is 0 Å². The summed E-state index contributed by atoms with van der Waals surface area (Å²) >= 11 is 0. The molecule has 2 atom stereocenters. The van der Waals surface area contributed by atoms with Crippen molar-refractivity contribution < 1.29 is 8.95 Å². The van der Waals surface area contributed by atoms with Gasteiger partial charge in [0.25, 0.3) is 0 Å². The van der Waals surface area contributed by atoms with Gasteiger partial charge in [0.15, 0.2) is 0 Å². The summed E-state index contributed by atoms with van der Waals surface area (Å²) in [6.07, 6.45) is 0.857. The predicted octanol–water partition coefficient (Wildman–Crippen LogP) is 2.43. The van der Waals surface area contributed by atoms with Crippen LogP contribution in [0.2, 0.25) is 0 Å². The van der Waals surface area contributed by atoms with Gasteiger partial charge in [-0.25, -0.2) is 0 Å². The molecule has 4 heteroatoms. The molecule has 1 aromatic carbocycles. The van der Waals surface area contributed by atoms with Crippen LogP contribution in [0.25, 0.3) is 0 Å². The molecule has 1 N–H and O–H groups in total. The maximum atomic E-state index is 12.1. The number of hydrogen-bond donors (Lipinski definition) is 1. The molecule has 19 heavy (non-hydrogen) atoms. The molecule has 0 fully saturated rings. The molecule has 3 nitrogen and oxygen atoms in total. The number of nitrogens with one attached hydrogen (secondary N) is 1. The lowest BCUT2D eigenvalue weighted by Crippen LogP contribution is -2.27. The van der Waals surface area contributed by atoms with Crippen molar-refractivity contribution >= 4 is 10.8 Å². The lowest BCUT2D eigenvalue weighted by molar-refractivity contribution is 0.200. The fourth-order valence-corrected chi connectivity index (χ4v) is 3.39. The van der Waals surface area contributed by atoms with Crippen LogP contribution in [0.5, 0.6) is 0 Å². The van der Waals surface area contributed by atoms with Crippen molar-refractivity contribution in [1.29, 1.82) is 0 Å². The number of aryl methyl sites for hydroxylation is 1. The molecule has 1 aromatic rings. The van der Waals surface area contributed by atoms with Gasteiger partial charge in [-0.05, 0) is 31.0 Å². The van der Waals surface area contributed by atoms with Gasteiger partial charge in [-0.15, -0.1) is 0 Å². The Morgan fingerprint density at radius 2 is 2.11 bits per heavy atom. The summed E-state index contributed by atoms with van der Waals surface area (Å²) in [6.45, 7) is 5.75. The largest absolute Gasteiger partial charge is 0.385 e. The molecule has 108 valence electrons. The Morgan fingerprint density at radius 1 is 1.37 bits per heavy atom. The van der Waals surface area contributed by atoms with E-state index in [1.54, 1.807) is 7.11 Å². The van der Waals surface area contributed by atoms with Crippen molar-refractivity contribution in [2.45, 2.75) is 26.3 Å². The van der Waals surface area contributed by atoms with Crippen molar-refractivity contribution in [3.05, 3.63) is 35.4 Å². The Labute approximate surface area is 119 Å². The monoisotopic (exact) mass is 283 g/mol. The maximum absolute atomic E-state index is 12.1. The van der Waals surface area contributed by atoms with Gasteiger partial charge in [0.1, 0.15) is 0 Å². The van der Waals surface area contributed by atoms with E-state index in [4.69, 9.17) is 4.74 Å². The Balaban J connectivity index is 2.63. The van der Waals surface area contributed by atoms with E-state index < -0.39 is 10.8 Å². The van der Waals surface area contributed by atoms with Crippen LogP contribution in [0.1, 0.15) is 30.5 Å². The molecular formula is C15H25NO2S. The summed E-state index contributed by atoms with van der Waals surface area (Å²) in [7, 11) is 0.874. The first-order valence-corrected chi connectivity index (χ1v) is 8.30. The number of benzene rings is 1. The van der Waals surface area contributed by atoms with Gasteiger partial charge in [-0.1, -0.05) is 31.2 Å². The van der Waals surface area contributed by atoms with Gasteiger partial charge in [-0.3, -0.25) is 4.21 Å². The highest BCUT2D eigenvalue weighted by Gasteiger charge is 2.15. The Kier molecular flexibility index (Phi) is 7.94. The lowest BCUT2D eigenvalue weighted by Gasteiger charge is -2.20. The van der Waals surface area contributed by atoms with Crippen LogP contribution in [-0.2, 0) is 15.5 Å². The average Bonchev–Trinajstić information content (AvgIpc) is 2.39. The third-order valence-electron chi connectivity index (χ3n) is 3.09. The summed E-state index contributed by atoms with van der Waals surface area (Å²) in [6, 6.07) is 8.48. The topological polar surface area (TPSA) is 38.3 Å². The summed E-state index contributed by atoms with van der Waals surface area (Å²) in [5.74, 6) is 1.38. The fourth-order valence-electron chi connectivity index (χ4n) is 2.12. The minimum Gasteiger partial charge on any atom is -0.385 e. The zero-order chi connectivity index (χ0) is 14.1. The smallest absolute Gasteiger partial charge is 0.0471 e. The van der Waals surface area contributed by atoms with Crippen LogP contribution in [-0.4, -0.2) is 36.0 Å². The van der Waals surface area contributed by atoms with E-state index in [0.717, 1.165) is 13.0 Å². The van der Waals surface area contributed by atoms with Gasteiger partial charge in [0, 0.05) is 42.1 Å². The van der Waals surface area contributed by atoms with Gasteiger partial charge in [0.2, 0.25) is 0 Å². The number of rotatable bonds is 9. The summed E-state index contributed by atoms with van der Waals surface area (Å²) in [4.78, 5) is 0. The summed E-state index contributed by atoms with van der Waals surface area (Å²) in [5, 5.41) is 3.44. The minimum absolute atomic E-state index is 0.176. The van der Waals surface area contributed by atoms with Crippen LogP contribution in [0, 0.1) is 6.92 Å². The second-order valence-electron chi connectivity index (χ2n) is 4.62. The van der Waals surface area contributed by atoms with E-state index in [1.165, 1.54) is 11.1 Å². The number of hydrogen-bond acceptors (Lipinski definition) is 3. The van der Waals surface area contributed by atoms with E-state index in [0.29, 0.717) is 18.1 Å². The van der Waals surface area contributed by atoms with Crippen molar-refractivity contribution in [3.8, 4) is 0 Å². The minimum atomic E-state index is -0.804. The molecule has 0 aromatic heterocycles. The normalized spacial score (nSPS) is 14.3. The standard InChI is InChI=1S/C15H25NO2S/c1-4-16-15(12-19(17)11-7-10-18-3)14-9-6-5-8-13(14)2/h5-6,8-9,15-16H,4,7,10-12H2,1-3H3. The van der Waals surface area contributed by atoms with E-state index in [-0.39, 0.29) is 6.04 Å². The molecule has 0 radical (unpaired) electrons. The first-order chi connectivity index (χ1) is 9.19. The summed E-state index contributed by atoms with van der Waals surface area (Å²) < 4.78 is 17.1. The van der Waals surface area contributed by atoms with Crippen LogP contribution in [0.15, 0.2) is 24.3 Å². The molecule has 0 spiro atoms. The fraction of sp³-hybridized carbons (Fsp3) is 0.600. The van der Waals surface area contributed by atoms with Crippen molar-refractivity contribution in [2.75, 3.05) is 31.8 Å². The first kappa shape index (κ1) is 16.3. The third kappa shape index (κ3) is 5.85. The molecule has 0 heterocycles. The van der Waals surface area contributed by atoms with Gasteiger partial charge in [-0.2, -0.15) is 0 Å². The second-order valence-corrected chi connectivity index (χ2v) is 6.25. The molecule has 0 aliphatic rings. The highest BCUT2D eigenvalue weighted by Crippen LogP contribution is 2.18. The second kappa shape index (κ2) is 9.23. The Morgan fingerprint density at radius 3 is 2.74 bits per heavy atom. The number of methoxy groups -OCH3 is 1. The highest BCUT2D eigenvalue weighted by molar-refractivity contribution is 7.85. The van der Waals surface area contributed by atoms with Crippen molar-refractivity contribution in [2.24, 2.45) is 0 Å². The van der Waals surface area contributed by atoms with Crippen molar-refractivity contribution in [1.82, 2.24) is 5.32 Å². The molecule has 0 aliphatic carbocycles. The Hall–Kier alpha value is -0.710.